The summed E-state index contributed by atoms with van der Waals surface area (Å²) in [5.74, 6) is 0.759. The fourth-order valence-corrected chi connectivity index (χ4v) is 3.53. The second-order valence-electron chi connectivity index (χ2n) is 6.97. The van der Waals surface area contributed by atoms with Gasteiger partial charge in [0.2, 0.25) is 5.91 Å². The number of nitrogens with zero attached hydrogens (tertiary/aromatic N) is 2. The van der Waals surface area contributed by atoms with Crippen molar-refractivity contribution < 1.29 is 9.90 Å². The van der Waals surface area contributed by atoms with Crippen LogP contribution >= 0.6 is 24.8 Å². The smallest absolute Gasteiger partial charge is 0.229 e. The molecule has 1 amide bonds. The van der Waals surface area contributed by atoms with E-state index in [4.69, 9.17) is 5.73 Å². The minimum Gasteiger partial charge on any atom is -0.392 e. The molecule has 5 nitrogen and oxygen atoms in total. The zero-order chi connectivity index (χ0) is 16.8. The summed E-state index contributed by atoms with van der Waals surface area (Å²) in [6, 6.07) is 0. The molecule has 0 aromatic rings. The lowest BCUT2D eigenvalue weighted by Crippen LogP contribution is -2.48. The first-order valence-electron chi connectivity index (χ1n) is 8.74. The molecule has 7 heteroatoms. The van der Waals surface area contributed by atoms with Crippen LogP contribution in [0.1, 0.15) is 46.5 Å². The molecule has 24 heavy (non-hydrogen) atoms. The van der Waals surface area contributed by atoms with Gasteiger partial charge in [-0.1, -0.05) is 13.8 Å². The SMILES string of the molecule is CCC(CC)(CN)C(=O)N(C)CC1CCN(CC(C)O)CC1.Cl.Cl. The molecular weight excluding hydrogens is 349 g/mol. The molecule has 1 aliphatic rings. The Labute approximate surface area is 160 Å². The van der Waals surface area contributed by atoms with E-state index in [1.807, 2.05) is 18.9 Å². The lowest BCUT2D eigenvalue weighted by molar-refractivity contribution is -0.141. The predicted octanol–water partition coefficient (Wildman–Crippen LogP) is 2.15. The standard InChI is InChI=1S/C17H35N3O2.2ClH/c1-5-17(6-2,13-18)16(22)19(4)12-15-7-9-20(10-8-15)11-14(3)21;;/h14-15,21H,5-13,18H2,1-4H3;2*1H. The molecule has 0 aliphatic carbocycles. The number of halogens is 2. The van der Waals surface area contributed by atoms with Crippen molar-refractivity contribution >= 4 is 30.7 Å². The molecule has 0 saturated carbocycles. The average molecular weight is 386 g/mol. The van der Waals surface area contributed by atoms with Gasteiger partial charge in [-0.15, -0.1) is 24.8 Å². The first-order valence-corrected chi connectivity index (χ1v) is 8.74. The van der Waals surface area contributed by atoms with Gasteiger partial charge in [0, 0.05) is 26.7 Å². The number of piperidine rings is 1. The van der Waals surface area contributed by atoms with Gasteiger partial charge in [0.25, 0.3) is 0 Å². The lowest BCUT2D eigenvalue weighted by Gasteiger charge is -2.37. The molecule has 146 valence electrons. The number of β-amino-alcohol motifs (C(OH)–C–C–N with tert-alkyl or cyclic N) is 1. The zero-order valence-electron chi connectivity index (χ0n) is 15.7. The number of hydrogen-bond donors (Lipinski definition) is 2. The first kappa shape index (κ1) is 26.2. The molecule has 1 fully saturated rings. The molecule has 0 aromatic heterocycles. The minimum atomic E-state index is -0.387. The Hall–Kier alpha value is -0.0700. The van der Waals surface area contributed by atoms with Crippen LogP contribution in [-0.4, -0.2) is 66.7 Å². The van der Waals surface area contributed by atoms with Gasteiger partial charge < -0.3 is 20.6 Å². The molecule has 0 spiro atoms. The van der Waals surface area contributed by atoms with Crippen LogP contribution < -0.4 is 5.73 Å². The van der Waals surface area contributed by atoms with Crippen LogP contribution in [-0.2, 0) is 4.79 Å². The van der Waals surface area contributed by atoms with E-state index in [1.54, 1.807) is 0 Å². The Kier molecular flexibility index (Phi) is 13.4. The van der Waals surface area contributed by atoms with Gasteiger partial charge in [0.05, 0.1) is 11.5 Å². The summed E-state index contributed by atoms with van der Waals surface area (Å²) < 4.78 is 0. The van der Waals surface area contributed by atoms with E-state index in [-0.39, 0.29) is 42.2 Å². The maximum atomic E-state index is 12.7. The summed E-state index contributed by atoms with van der Waals surface area (Å²) in [6.45, 7) is 9.97. The molecule has 1 rings (SSSR count). The summed E-state index contributed by atoms with van der Waals surface area (Å²) in [5.41, 5.74) is 5.50. The molecule has 3 N–H and O–H groups in total. The van der Waals surface area contributed by atoms with Crippen LogP contribution in [0.2, 0.25) is 0 Å². The monoisotopic (exact) mass is 385 g/mol. The quantitative estimate of drug-likeness (QED) is 0.671. The summed E-state index contributed by atoms with van der Waals surface area (Å²) in [7, 11) is 1.92. The number of carbonyl (C=O) groups excluding carboxylic acids is 1. The van der Waals surface area contributed by atoms with E-state index in [2.05, 4.69) is 18.7 Å². The molecule has 1 atom stereocenters. The highest BCUT2D eigenvalue weighted by Crippen LogP contribution is 2.28. The second kappa shape index (κ2) is 12.3. The van der Waals surface area contributed by atoms with Crippen molar-refractivity contribution in [1.82, 2.24) is 9.80 Å². The molecule has 0 radical (unpaired) electrons. The summed E-state index contributed by atoms with van der Waals surface area (Å²) in [6.07, 6.45) is 3.53. The van der Waals surface area contributed by atoms with Crippen molar-refractivity contribution in [2.45, 2.75) is 52.6 Å². The average Bonchev–Trinajstić information content (AvgIpc) is 2.51. The van der Waals surface area contributed by atoms with Crippen LogP contribution in [0.3, 0.4) is 0 Å². The topological polar surface area (TPSA) is 69.8 Å². The molecule has 1 aliphatic heterocycles. The van der Waals surface area contributed by atoms with E-state index in [9.17, 15) is 9.90 Å². The number of carbonyl (C=O) groups is 1. The first-order chi connectivity index (χ1) is 10.4. The van der Waals surface area contributed by atoms with Crippen LogP contribution in [0.5, 0.6) is 0 Å². The van der Waals surface area contributed by atoms with Gasteiger partial charge in [0.1, 0.15) is 0 Å². The fourth-order valence-electron chi connectivity index (χ4n) is 3.53. The zero-order valence-corrected chi connectivity index (χ0v) is 17.3. The highest BCUT2D eigenvalue weighted by molar-refractivity contribution is 5.85. The number of nitrogens with two attached hydrogens (primary N) is 1. The molecule has 1 unspecified atom stereocenters. The van der Waals surface area contributed by atoms with Crippen LogP contribution in [0.4, 0.5) is 0 Å². The van der Waals surface area contributed by atoms with E-state index in [1.165, 1.54) is 0 Å². The number of likely N-dealkylation sites (tertiary alicyclic amines) is 1. The lowest BCUT2D eigenvalue weighted by atomic mass is 9.80. The van der Waals surface area contributed by atoms with Crippen LogP contribution in [0.25, 0.3) is 0 Å². The van der Waals surface area contributed by atoms with Crippen molar-refractivity contribution in [3.8, 4) is 0 Å². The summed E-state index contributed by atoms with van der Waals surface area (Å²) in [5, 5.41) is 9.45. The van der Waals surface area contributed by atoms with E-state index in [0.29, 0.717) is 12.5 Å². The van der Waals surface area contributed by atoms with Gasteiger partial charge in [0.15, 0.2) is 0 Å². The van der Waals surface area contributed by atoms with Crippen molar-refractivity contribution in [3.63, 3.8) is 0 Å². The Balaban J connectivity index is 0. The molecule has 1 saturated heterocycles. The molecule has 0 aromatic carbocycles. The van der Waals surface area contributed by atoms with Gasteiger partial charge in [-0.25, -0.2) is 0 Å². The minimum absolute atomic E-state index is 0. The summed E-state index contributed by atoms with van der Waals surface area (Å²) >= 11 is 0. The van der Waals surface area contributed by atoms with E-state index in [0.717, 1.165) is 51.9 Å². The maximum Gasteiger partial charge on any atom is 0.229 e. The number of amides is 1. The largest absolute Gasteiger partial charge is 0.392 e. The molecule has 1 heterocycles. The van der Waals surface area contributed by atoms with Gasteiger partial charge in [-0.3, -0.25) is 4.79 Å². The van der Waals surface area contributed by atoms with Crippen LogP contribution in [0.15, 0.2) is 0 Å². The van der Waals surface area contributed by atoms with E-state index < -0.39 is 0 Å². The third-order valence-corrected chi connectivity index (χ3v) is 5.31. The molecule has 0 bridgehead atoms. The third-order valence-electron chi connectivity index (χ3n) is 5.31. The predicted molar refractivity (Wildman–Crippen MR) is 105 cm³/mol. The maximum absolute atomic E-state index is 12.7. The normalized spacial score (nSPS) is 17.6. The Bertz CT molecular complexity index is 336. The van der Waals surface area contributed by atoms with Gasteiger partial charge >= 0.3 is 0 Å². The highest BCUT2D eigenvalue weighted by Gasteiger charge is 2.36. The van der Waals surface area contributed by atoms with Gasteiger partial charge in [-0.05, 0) is 51.6 Å². The molecular formula is C17H37Cl2N3O2. The van der Waals surface area contributed by atoms with Crippen molar-refractivity contribution in [2.75, 3.05) is 39.8 Å². The van der Waals surface area contributed by atoms with Crippen molar-refractivity contribution in [3.05, 3.63) is 0 Å². The summed E-state index contributed by atoms with van der Waals surface area (Å²) in [4.78, 5) is 17.0. The fraction of sp³-hybridized carbons (Fsp3) is 0.941. The van der Waals surface area contributed by atoms with Crippen molar-refractivity contribution in [2.24, 2.45) is 17.1 Å². The second-order valence-corrected chi connectivity index (χ2v) is 6.97. The highest BCUT2D eigenvalue weighted by atomic mass is 35.5. The van der Waals surface area contributed by atoms with Gasteiger partial charge in [-0.2, -0.15) is 0 Å². The number of hydrogen-bond acceptors (Lipinski definition) is 4. The van der Waals surface area contributed by atoms with Crippen molar-refractivity contribution in [1.29, 1.82) is 0 Å². The third kappa shape index (κ3) is 7.04. The Morgan fingerprint density at radius 1 is 1.29 bits per heavy atom. The van der Waals surface area contributed by atoms with E-state index >= 15 is 0 Å². The van der Waals surface area contributed by atoms with Crippen LogP contribution in [0, 0.1) is 11.3 Å². The number of aliphatic hydroxyl groups excluding tert-OH is 1. The Morgan fingerprint density at radius 3 is 2.17 bits per heavy atom. The number of rotatable bonds is 8. The Morgan fingerprint density at radius 2 is 1.79 bits per heavy atom. The number of aliphatic hydroxyl groups is 1.